The van der Waals surface area contributed by atoms with Crippen LogP contribution < -0.4 is 5.32 Å². The van der Waals surface area contributed by atoms with E-state index >= 15 is 0 Å². The van der Waals surface area contributed by atoms with Crippen LogP contribution >= 0.6 is 11.3 Å². The van der Waals surface area contributed by atoms with Crippen LogP contribution in [0, 0.1) is 0 Å². The van der Waals surface area contributed by atoms with Crippen LogP contribution in [0.3, 0.4) is 0 Å². The van der Waals surface area contributed by atoms with E-state index < -0.39 is 0 Å². The first kappa shape index (κ1) is 13.0. The van der Waals surface area contributed by atoms with Crippen molar-refractivity contribution in [2.24, 2.45) is 0 Å². The Bertz CT molecular complexity index is 337. The average molecular weight is 253 g/mol. The molecule has 1 aliphatic rings. The van der Waals surface area contributed by atoms with Crippen LogP contribution in [0.4, 0.5) is 0 Å². The van der Waals surface area contributed by atoms with Gasteiger partial charge in [0.1, 0.15) is 0 Å². The quantitative estimate of drug-likeness (QED) is 0.871. The van der Waals surface area contributed by atoms with Gasteiger partial charge in [-0.2, -0.15) is 0 Å². The minimum atomic E-state index is 0.678. The van der Waals surface area contributed by atoms with Gasteiger partial charge in [0.25, 0.3) is 0 Å². The lowest BCUT2D eigenvalue weighted by atomic mass is 9.99. The highest BCUT2D eigenvalue weighted by Gasteiger charge is 2.22. The predicted molar refractivity (Wildman–Crippen MR) is 73.8 cm³/mol. The van der Waals surface area contributed by atoms with Crippen LogP contribution in [0.15, 0.2) is 6.20 Å². The number of piperidine rings is 1. The van der Waals surface area contributed by atoms with Gasteiger partial charge in [0, 0.05) is 23.5 Å². The topological polar surface area (TPSA) is 28.2 Å². The summed E-state index contributed by atoms with van der Waals surface area (Å²) in [7, 11) is 2.00. The smallest absolute Gasteiger partial charge is 0.0971 e. The van der Waals surface area contributed by atoms with E-state index in [1.54, 1.807) is 0 Å². The highest BCUT2D eigenvalue weighted by molar-refractivity contribution is 7.11. The first-order chi connectivity index (χ1) is 8.33. The van der Waals surface area contributed by atoms with Crippen molar-refractivity contribution in [3.8, 4) is 0 Å². The first-order valence-electron chi connectivity index (χ1n) is 6.65. The SMILES string of the molecule is CCN1CCCC(c2ncc(CCNC)s2)C1. The molecule has 1 saturated heterocycles. The van der Waals surface area contributed by atoms with Gasteiger partial charge in [-0.05, 0) is 45.9 Å². The summed E-state index contributed by atoms with van der Waals surface area (Å²) in [5, 5.41) is 4.55. The molecule has 0 spiro atoms. The Hall–Kier alpha value is -0.450. The number of rotatable bonds is 5. The van der Waals surface area contributed by atoms with Gasteiger partial charge in [-0.1, -0.05) is 6.92 Å². The van der Waals surface area contributed by atoms with Crippen molar-refractivity contribution in [2.75, 3.05) is 33.2 Å². The number of hydrogen-bond donors (Lipinski definition) is 1. The fourth-order valence-electron chi connectivity index (χ4n) is 2.42. The van der Waals surface area contributed by atoms with Crippen LogP contribution in [-0.2, 0) is 6.42 Å². The van der Waals surface area contributed by atoms with Crippen molar-refractivity contribution in [1.82, 2.24) is 15.2 Å². The molecule has 0 amide bonds. The Morgan fingerprint density at radius 2 is 2.47 bits per heavy atom. The molecule has 1 aromatic rings. The fourth-order valence-corrected chi connectivity index (χ4v) is 3.46. The highest BCUT2D eigenvalue weighted by atomic mass is 32.1. The zero-order valence-corrected chi connectivity index (χ0v) is 11.7. The Labute approximate surface area is 108 Å². The molecule has 4 heteroatoms. The monoisotopic (exact) mass is 253 g/mol. The van der Waals surface area contributed by atoms with Gasteiger partial charge in [-0.25, -0.2) is 4.98 Å². The minimum Gasteiger partial charge on any atom is -0.319 e. The molecule has 0 bridgehead atoms. The maximum Gasteiger partial charge on any atom is 0.0971 e. The number of nitrogens with one attached hydrogen (secondary N) is 1. The molecule has 0 saturated carbocycles. The van der Waals surface area contributed by atoms with E-state index in [0.717, 1.165) is 13.0 Å². The van der Waals surface area contributed by atoms with Crippen molar-refractivity contribution < 1.29 is 0 Å². The van der Waals surface area contributed by atoms with Crippen LogP contribution in [0.2, 0.25) is 0 Å². The van der Waals surface area contributed by atoms with Gasteiger partial charge < -0.3 is 10.2 Å². The largest absolute Gasteiger partial charge is 0.319 e. The summed E-state index contributed by atoms with van der Waals surface area (Å²) in [4.78, 5) is 8.59. The van der Waals surface area contributed by atoms with Crippen LogP contribution in [-0.4, -0.2) is 43.1 Å². The Kier molecular flexibility index (Phi) is 4.95. The number of thiazole rings is 1. The van der Waals surface area contributed by atoms with Crippen molar-refractivity contribution in [1.29, 1.82) is 0 Å². The van der Waals surface area contributed by atoms with E-state index in [9.17, 15) is 0 Å². The zero-order chi connectivity index (χ0) is 12.1. The average Bonchev–Trinajstić information content (AvgIpc) is 2.85. The van der Waals surface area contributed by atoms with E-state index in [0.29, 0.717) is 5.92 Å². The standard InChI is InChI=1S/C13H23N3S/c1-3-16-8-4-5-11(10-16)13-15-9-12(17-13)6-7-14-2/h9,11,14H,3-8,10H2,1-2H3. The third kappa shape index (κ3) is 3.50. The third-order valence-corrected chi connectivity index (χ3v) is 4.71. The second-order valence-corrected chi connectivity index (χ2v) is 5.90. The maximum absolute atomic E-state index is 4.63. The Morgan fingerprint density at radius 1 is 1.59 bits per heavy atom. The lowest BCUT2D eigenvalue weighted by Crippen LogP contribution is -2.33. The van der Waals surface area contributed by atoms with Crippen LogP contribution in [0.1, 0.15) is 35.6 Å². The number of aromatic nitrogens is 1. The van der Waals surface area contributed by atoms with Gasteiger partial charge in [0.2, 0.25) is 0 Å². The lowest BCUT2D eigenvalue weighted by molar-refractivity contribution is 0.218. The molecule has 1 fully saturated rings. The minimum absolute atomic E-state index is 0.678. The molecule has 2 rings (SSSR count). The third-order valence-electron chi connectivity index (χ3n) is 3.49. The first-order valence-corrected chi connectivity index (χ1v) is 7.46. The van der Waals surface area contributed by atoms with E-state index in [2.05, 4.69) is 28.3 Å². The highest BCUT2D eigenvalue weighted by Crippen LogP contribution is 2.29. The van der Waals surface area contributed by atoms with Crippen LogP contribution in [0.25, 0.3) is 0 Å². The van der Waals surface area contributed by atoms with Crippen molar-refractivity contribution in [3.05, 3.63) is 16.1 Å². The van der Waals surface area contributed by atoms with E-state index in [1.165, 1.54) is 42.4 Å². The Balaban J connectivity index is 1.94. The van der Waals surface area contributed by atoms with E-state index in [1.807, 2.05) is 18.4 Å². The van der Waals surface area contributed by atoms with Gasteiger partial charge in [0.05, 0.1) is 5.01 Å². The van der Waals surface area contributed by atoms with Crippen molar-refractivity contribution in [2.45, 2.75) is 32.1 Å². The molecule has 1 atom stereocenters. The normalized spacial score (nSPS) is 21.9. The zero-order valence-electron chi connectivity index (χ0n) is 10.9. The molecule has 2 heterocycles. The predicted octanol–water partition coefficient (Wildman–Crippen LogP) is 2.10. The number of likely N-dealkylation sites (tertiary alicyclic amines) is 1. The van der Waals surface area contributed by atoms with Gasteiger partial charge in [0.15, 0.2) is 0 Å². The van der Waals surface area contributed by atoms with E-state index in [4.69, 9.17) is 0 Å². The summed E-state index contributed by atoms with van der Waals surface area (Å²) in [5.74, 6) is 0.678. The molecule has 1 unspecified atom stereocenters. The molecule has 96 valence electrons. The second kappa shape index (κ2) is 6.47. The van der Waals surface area contributed by atoms with Crippen LogP contribution in [0.5, 0.6) is 0 Å². The molecule has 1 aromatic heterocycles. The second-order valence-electron chi connectivity index (χ2n) is 4.75. The molecule has 0 aromatic carbocycles. The molecule has 0 aliphatic carbocycles. The summed E-state index contributed by atoms with van der Waals surface area (Å²) < 4.78 is 0. The maximum atomic E-state index is 4.63. The number of hydrogen-bond acceptors (Lipinski definition) is 4. The molecule has 17 heavy (non-hydrogen) atoms. The van der Waals surface area contributed by atoms with Crippen molar-refractivity contribution >= 4 is 11.3 Å². The summed E-state index contributed by atoms with van der Waals surface area (Å²) in [5.41, 5.74) is 0. The summed E-state index contributed by atoms with van der Waals surface area (Å²) in [6.45, 7) is 6.95. The molecular weight excluding hydrogens is 230 g/mol. The molecule has 1 aliphatic heterocycles. The molecular formula is C13H23N3S. The summed E-state index contributed by atoms with van der Waals surface area (Å²) in [6.07, 6.45) is 5.82. The van der Waals surface area contributed by atoms with Gasteiger partial charge >= 0.3 is 0 Å². The number of nitrogens with zero attached hydrogens (tertiary/aromatic N) is 2. The Morgan fingerprint density at radius 3 is 3.24 bits per heavy atom. The number of likely N-dealkylation sites (N-methyl/N-ethyl adjacent to an activating group) is 2. The summed E-state index contributed by atoms with van der Waals surface area (Å²) >= 11 is 1.91. The van der Waals surface area contributed by atoms with Gasteiger partial charge in [-0.15, -0.1) is 11.3 Å². The molecule has 1 N–H and O–H groups in total. The fraction of sp³-hybridized carbons (Fsp3) is 0.769. The van der Waals surface area contributed by atoms with Gasteiger partial charge in [-0.3, -0.25) is 0 Å². The van der Waals surface area contributed by atoms with Crippen molar-refractivity contribution in [3.63, 3.8) is 0 Å². The van der Waals surface area contributed by atoms with E-state index in [-0.39, 0.29) is 0 Å². The summed E-state index contributed by atoms with van der Waals surface area (Å²) in [6, 6.07) is 0. The molecule has 3 nitrogen and oxygen atoms in total. The lowest BCUT2D eigenvalue weighted by Gasteiger charge is -2.30. The molecule has 0 radical (unpaired) electrons.